The van der Waals surface area contributed by atoms with Crippen LogP contribution in [0.1, 0.15) is 44.0 Å². The molecular weight excluding hydrogens is 234 g/mol. The lowest BCUT2D eigenvalue weighted by molar-refractivity contribution is 0.448. The quantitative estimate of drug-likeness (QED) is 0.637. The summed E-state index contributed by atoms with van der Waals surface area (Å²) in [5.74, 6) is 6.39. The van der Waals surface area contributed by atoms with E-state index in [2.05, 4.69) is 48.5 Å². The maximum atomic E-state index is 5.69. The van der Waals surface area contributed by atoms with Crippen molar-refractivity contribution in [1.82, 2.24) is 10.4 Å². The van der Waals surface area contributed by atoms with Crippen LogP contribution >= 0.6 is 0 Å². The van der Waals surface area contributed by atoms with E-state index in [9.17, 15) is 0 Å². The van der Waals surface area contributed by atoms with Crippen LogP contribution in [0.4, 0.5) is 0 Å². The van der Waals surface area contributed by atoms with Crippen molar-refractivity contribution in [2.45, 2.75) is 39.7 Å². The van der Waals surface area contributed by atoms with Crippen LogP contribution < -0.4 is 11.3 Å². The van der Waals surface area contributed by atoms with Gasteiger partial charge in [0, 0.05) is 17.1 Å². The van der Waals surface area contributed by atoms with Gasteiger partial charge in [0.1, 0.15) is 0 Å². The zero-order valence-electron chi connectivity index (χ0n) is 12.0. The molecule has 19 heavy (non-hydrogen) atoms. The minimum absolute atomic E-state index is 0.216. The number of benzene rings is 1. The van der Waals surface area contributed by atoms with Gasteiger partial charge in [-0.15, -0.1) is 0 Å². The molecule has 3 nitrogen and oxygen atoms in total. The monoisotopic (exact) mass is 257 g/mol. The van der Waals surface area contributed by atoms with Crippen molar-refractivity contribution >= 4 is 10.9 Å². The van der Waals surface area contributed by atoms with E-state index in [1.807, 2.05) is 13.0 Å². The largest absolute Gasteiger partial charge is 0.271 e. The highest BCUT2D eigenvalue weighted by atomic mass is 15.2. The molecule has 0 saturated carbocycles. The van der Waals surface area contributed by atoms with Crippen LogP contribution in [-0.2, 0) is 0 Å². The average Bonchev–Trinajstić information content (AvgIpc) is 2.39. The van der Waals surface area contributed by atoms with Gasteiger partial charge < -0.3 is 0 Å². The zero-order valence-corrected chi connectivity index (χ0v) is 12.0. The number of rotatable bonds is 5. The molecule has 1 aromatic heterocycles. The second kappa shape index (κ2) is 6.13. The van der Waals surface area contributed by atoms with Crippen molar-refractivity contribution in [2.24, 2.45) is 11.8 Å². The molecule has 0 aliphatic carbocycles. The Labute approximate surface area is 115 Å². The Balaban J connectivity index is 2.25. The van der Waals surface area contributed by atoms with Crippen LogP contribution in [-0.4, -0.2) is 4.98 Å². The fourth-order valence-corrected chi connectivity index (χ4v) is 2.31. The summed E-state index contributed by atoms with van der Waals surface area (Å²) in [5, 5.41) is 1.17. The maximum Gasteiger partial charge on any atom is 0.0705 e. The Morgan fingerprint density at radius 2 is 1.95 bits per heavy atom. The molecule has 1 heterocycles. The van der Waals surface area contributed by atoms with Crippen molar-refractivity contribution in [3.63, 3.8) is 0 Å². The van der Waals surface area contributed by atoms with Crippen LogP contribution in [0.25, 0.3) is 10.9 Å². The summed E-state index contributed by atoms with van der Waals surface area (Å²) in [6, 6.07) is 10.8. The molecule has 1 atom stereocenters. The molecule has 0 aliphatic rings. The first-order valence-electron chi connectivity index (χ1n) is 6.93. The van der Waals surface area contributed by atoms with E-state index in [1.54, 1.807) is 0 Å². The lowest BCUT2D eigenvalue weighted by Crippen LogP contribution is -2.28. The highest BCUT2D eigenvalue weighted by Gasteiger charge is 2.11. The number of hydrogen-bond donors (Lipinski definition) is 2. The van der Waals surface area contributed by atoms with Gasteiger partial charge in [0.05, 0.1) is 5.52 Å². The van der Waals surface area contributed by atoms with E-state index in [0.717, 1.165) is 17.6 Å². The molecule has 102 valence electrons. The third-order valence-corrected chi connectivity index (χ3v) is 3.49. The highest BCUT2D eigenvalue weighted by Crippen LogP contribution is 2.23. The molecule has 0 amide bonds. The molecule has 0 aliphatic heterocycles. The zero-order chi connectivity index (χ0) is 13.8. The van der Waals surface area contributed by atoms with Gasteiger partial charge in [0.25, 0.3) is 0 Å². The average molecular weight is 257 g/mol. The van der Waals surface area contributed by atoms with E-state index in [4.69, 9.17) is 5.84 Å². The highest BCUT2D eigenvalue weighted by molar-refractivity contribution is 5.79. The van der Waals surface area contributed by atoms with Gasteiger partial charge >= 0.3 is 0 Å². The first-order valence-corrected chi connectivity index (χ1v) is 6.93. The van der Waals surface area contributed by atoms with Crippen molar-refractivity contribution in [1.29, 1.82) is 0 Å². The number of hydrogen-bond acceptors (Lipinski definition) is 3. The predicted molar refractivity (Wildman–Crippen MR) is 80.6 cm³/mol. The van der Waals surface area contributed by atoms with Gasteiger partial charge in [0.2, 0.25) is 0 Å². The van der Waals surface area contributed by atoms with Crippen molar-refractivity contribution in [3.8, 4) is 0 Å². The van der Waals surface area contributed by atoms with Gasteiger partial charge in [-0.25, -0.2) is 0 Å². The Hall–Kier alpha value is -1.45. The normalized spacial score (nSPS) is 13.1. The second-order valence-corrected chi connectivity index (χ2v) is 5.60. The van der Waals surface area contributed by atoms with Crippen molar-refractivity contribution in [2.75, 3.05) is 0 Å². The topological polar surface area (TPSA) is 50.9 Å². The molecule has 3 N–H and O–H groups in total. The molecule has 3 heteroatoms. The molecule has 0 radical (unpaired) electrons. The minimum atomic E-state index is 0.216. The first kappa shape index (κ1) is 14.0. The fourth-order valence-electron chi connectivity index (χ4n) is 2.31. The summed E-state index contributed by atoms with van der Waals surface area (Å²) in [6.07, 6.45) is 2.22. The number of aryl methyl sites for hydroxylation is 1. The van der Waals surface area contributed by atoms with Gasteiger partial charge in [0.15, 0.2) is 0 Å². The molecule has 0 fully saturated rings. The molecule has 0 bridgehead atoms. The van der Waals surface area contributed by atoms with Crippen molar-refractivity contribution < 1.29 is 0 Å². The molecule has 0 spiro atoms. The molecule has 2 aromatic rings. The Bertz CT molecular complexity index is 549. The molecule has 1 aromatic carbocycles. The smallest absolute Gasteiger partial charge is 0.0705 e. The van der Waals surface area contributed by atoms with E-state index in [1.165, 1.54) is 17.4 Å². The molecule has 2 rings (SSSR count). The number of pyridine rings is 1. The summed E-state index contributed by atoms with van der Waals surface area (Å²) in [6.45, 7) is 6.49. The van der Waals surface area contributed by atoms with Crippen LogP contribution in [0.15, 0.2) is 30.3 Å². The van der Waals surface area contributed by atoms with E-state index in [-0.39, 0.29) is 6.04 Å². The van der Waals surface area contributed by atoms with Gasteiger partial charge in [-0.2, -0.15) is 0 Å². The van der Waals surface area contributed by atoms with E-state index < -0.39 is 0 Å². The number of aromatic nitrogens is 1. The lowest BCUT2D eigenvalue weighted by atomic mass is 9.97. The fraction of sp³-hybridized carbons (Fsp3) is 0.438. The standard InChI is InChI=1S/C16H23N3/c1-11(2)4-8-16(19-17)14-7-9-15-13(10-14)6-5-12(3)18-15/h5-7,9-11,16,19H,4,8,17H2,1-3H3. The first-order chi connectivity index (χ1) is 9.10. The van der Waals surface area contributed by atoms with Crippen molar-refractivity contribution in [3.05, 3.63) is 41.6 Å². The molecule has 1 unspecified atom stereocenters. The Kier molecular flexibility index (Phi) is 4.51. The van der Waals surface area contributed by atoms with Crippen LogP contribution in [0.2, 0.25) is 0 Å². The van der Waals surface area contributed by atoms with Gasteiger partial charge in [-0.1, -0.05) is 26.0 Å². The number of nitrogens with two attached hydrogens (primary N) is 1. The number of fused-ring (bicyclic) bond motifs is 1. The van der Waals surface area contributed by atoms with Crippen LogP contribution in [0.5, 0.6) is 0 Å². The molecular formula is C16H23N3. The predicted octanol–water partition coefficient (Wildman–Crippen LogP) is 3.48. The Morgan fingerprint density at radius 1 is 1.16 bits per heavy atom. The Morgan fingerprint density at radius 3 is 2.63 bits per heavy atom. The van der Waals surface area contributed by atoms with Crippen LogP contribution in [0.3, 0.4) is 0 Å². The number of nitrogens with one attached hydrogen (secondary N) is 1. The van der Waals surface area contributed by atoms with Gasteiger partial charge in [-0.3, -0.25) is 16.3 Å². The van der Waals surface area contributed by atoms with E-state index >= 15 is 0 Å². The summed E-state index contributed by atoms with van der Waals surface area (Å²) in [5.41, 5.74) is 6.26. The maximum absolute atomic E-state index is 5.69. The number of nitrogens with zero attached hydrogens (tertiary/aromatic N) is 1. The summed E-state index contributed by atoms with van der Waals surface area (Å²) in [4.78, 5) is 4.52. The minimum Gasteiger partial charge on any atom is -0.271 e. The molecule has 0 saturated heterocycles. The van der Waals surface area contributed by atoms with Crippen LogP contribution in [0, 0.1) is 12.8 Å². The lowest BCUT2D eigenvalue weighted by Gasteiger charge is -2.18. The SMILES string of the molecule is Cc1ccc2cc(C(CCC(C)C)NN)ccc2n1. The second-order valence-electron chi connectivity index (χ2n) is 5.60. The summed E-state index contributed by atoms with van der Waals surface area (Å²) >= 11 is 0. The third kappa shape index (κ3) is 3.52. The summed E-state index contributed by atoms with van der Waals surface area (Å²) < 4.78 is 0. The third-order valence-electron chi connectivity index (χ3n) is 3.49. The summed E-state index contributed by atoms with van der Waals surface area (Å²) in [7, 11) is 0. The van der Waals surface area contributed by atoms with E-state index in [0.29, 0.717) is 5.92 Å². The number of hydrazine groups is 1. The van der Waals surface area contributed by atoms with Gasteiger partial charge in [-0.05, 0) is 49.4 Å².